The number of pyridine rings is 1. The van der Waals surface area contributed by atoms with Crippen LogP contribution in [0.5, 0.6) is 0 Å². The topological polar surface area (TPSA) is 47.0 Å². The van der Waals surface area contributed by atoms with Crippen molar-refractivity contribution in [1.29, 1.82) is 0 Å². The molecule has 2 rings (SSSR count). The maximum Gasteiger partial charge on any atom is 0.180 e. The van der Waals surface area contributed by atoms with Crippen molar-refractivity contribution in [2.75, 3.05) is 5.75 Å². The van der Waals surface area contributed by atoms with E-state index in [-0.39, 0.29) is 11.7 Å². The number of aromatic nitrogens is 1. The average Bonchev–Trinajstić information content (AvgIpc) is 2.16. The van der Waals surface area contributed by atoms with E-state index in [1.54, 1.807) is 6.20 Å². The highest BCUT2D eigenvalue weighted by molar-refractivity contribution is 7.91. The SMILES string of the molecule is CC(C)c1nccc2c1S(=O)(=O)CCC2. The number of rotatable bonds is 1. The Balaban J connectivity index is 2.72. The Bertz CT molecular complexity index is 477. The molecule has 1 aromatic rings. The second-order valence-corrected chi connectivity index (χ2v) is 6.31. The fourth-order valence-corrected chi connectivity index (χ4v) is 3.93. The molecule has 0 aromatic carbocycles. The van der Waals surface area contributed by atoms with Crippen molar-refractivity contribution in [2.24, 2.45) is 0 Å². The Hall–Kier alpha value is -0.900. The van der Waals surface area contributed by atoms with Crippen molar-refractivity contribution in [3.63, 3.8) is 0 Å². The van der Waals surface area contributed by atoms with Gasteiger partial charge in [0.2, 0.25) is 0 Å². The smallest absolute Gasteiger partial charge is 0.180 e. The van der Waals surface area contributed by atoms with Gasteiger partial charge in [0.15, 0.2) is 9.84 Å². The van der Waals surface area contributed by atoms with Gasteiger partial charge in [0.05, 0.1) is 16.3 Å². The molecule has 1 aliphatic heterocycles. The van der Waals surface area contributed by atoms with Gasteiger partial charge < -0.3 is 0 Å². The Kier molecular flexibility index (Phi) is 2.54. The molecule has 0 N–H and O–H groups in total. The van der Waals surface area contributed by atoms with E-state index in [4.69, 9.17) is 0 Å². The van der Waals surface area contributed by atoms with Crippen LogP contribution in [0.1, 0.15) is 37.4 Å². The molecule has 0 saturated carbocycles. The van der Waals surface area contributed by atoms with Crippen LogP contribution in [0.15, 0.2) is 17.2 Å². The van der Waals surface area contributed by atoms with Crippen LogP contribution in [-0.4, -0.2) is 19.2 Å². The summed E-state index contributed by atoms with van der Waals surface area (Å²) in [6.45, 7) is 3.96. The summed E-state index contributed by atoms with van der Waals surface area (Å²) in [5.74, 6) is 0.429. The summed E-state index contributed by atoms with van der Waals surface area (Å²) in [7, 11) is -3.08. The Morgan fingerprint density at radius 2 is 2.13 bits per heavy atom. The summed E-state index contributed by atoms with van der Waals surface area (Å²) in [6, 6.07) is 1.83. The molecule has 0 amide bonds. The number of sulfone groups is 1. The Labute approximate surface area is 90.5 Å². The van der Waals surface area contributed by atoms with Crippen molar-refractivity contribution in [3.05, 3.63) is 23.5 Å². The predicted molar refractivity (Wildman–Crippen MR) is 58.7 cm³/mol. The lowest BCUT2D eigenvalue weighted by molar-refractivity contribution is 0.581. The van der Waals surface area contributed by atoms with Gasteiger partial charge in [0, 0.05) is 6.20 Å². The molecule has 3 nitrogen and oxygen atoms in total. The van der Waals surface area contributed by atoms with Crippen LogP contribution in [0.2, 0.25) is 0 Å². The molecule has 0 atom stereocenters. The summed E-state index contributed by atoms with van der Waals surface area (Å²) in [5.41, 5.74) is 1.67. The van der Waals surface area contributed by atoms with Crippen molar-refractivity contribution < 1.29 is 8.42 Å². The summed E-state index contributed by atoms with van der Waals surface area (Å²) in [6.07, 6.45) is 3.31. The van der Waals surface area contributed by atoms with E-state index in [2.05, 4.69) is 4.98 Å². The fourth-order valence-electron chi connectivity index (χ4n) is 2.03. The fraction of sp³-hybridized carbons (Fsp3) is 0.545. The van der Waals surface area contributed by atoms with E-state index in [9.17, 15) is 8.42 Å². The maximum absolute atomic E-state index is 12.0. The molecule has 0 saturated heterocycles. The highest BCUT2D eigenvalue weighted by atomic mass is 32.2. The summed E-state index contributed by atoms with van der Waals surface area (Å²) >= 11 is 0. The van der Waals surface area contributed by atoms with Crippen LogP contribution in [-0.2, 0) is 16.3 Å². The van der Waals surface area contributed by atoms with Crippen LogP contribution in [0.3, 0.4) is 0 Å². The van der Waals surface area contributed by atoms with Gasteiger partial charge >= 0.3 is 0 Å². The van der Waals surface area contributed by atoms with Crippen LogP contribution >= 0.6 is 0 Å². The molecule has 2 heterocycles. The molecule has 82 valence electrons. The van der Waals surface area contributed by atoms with Gasteiger partial charge in [-0.05, 0) is 30.4 Å². The minimum Gasteiger partial charge on any atom is -0.260 e. The van der Waals surface area contributed by atoms with Gasteiger partial charge in [-0.1, -0.05) is 13.8 Å². The summed E-state index contributed by atoms with van der Waals surface area (Å²) in [5, 5.41) is 0. The molecule has 15 heavy (non-hydrogen) atoms. The third kappa shape index (κ3) is 1.78. The lowest BCUT2D eigenvalue weighted by atomic mass is 10.0. The second-order valence-electron chi connectivity index (χ2n) is 4.26. The minimum absolute atomic E-state index is 0.160. The molecule has 0 radical (unpaired) electrons. The van der Waals surface area contributed by atoms with Gasteiger partial charge in [-0.25, -0.2) is 8.42 Å². The van der Waals surface area contributed by atoms with E-state index in [0.29, 0.717) is 4.90 Å². The molecule has 1 aromatic heterocycles. The normalized spacial score (nSPS) is 18.9. The van der Waals surface area contributed by atoms with Crippen LogP contribution in [0.25, 0.3) is 0 Å². The van der Waals surface area contributed by atoms with Gasteiger partial charge in [-0.15, -0.1) is 0 Å². The van der Waals surface area contributed by atoms with Crippen LogP contribution < -0.4 is 0 Å². The highest BCUT2D eigenvalue weighted by Gasteiger charge is 2.28. The monoisotopic (exact) mass is 225 g/mol. The first-order valence-electron chi connectivity index (χ1n) is 5.23. The molecule has 0 fully saturated rings. The lowest BCUT2D eigenvalue weighted by Gasteiger charge is -2.20. The van der Waals surface area contributed by atoms with Gasteiger partial charge in [0.25, 0.3) is 0 Å². The van der Waals surface area contributed by atoms with Gasteiger partial charge in [-0.2, -0.15) is 0 Å². The zero-order valence-electron chi connectivity index (χ0n) is 9.03. The number of nitrogens with zero attached hydrogens (tertiary/aromatic N) is 1. The second kappa shape index (κ2) is 3.59. The van der Waals surface area contributed by atoms with Crippen LogP contribution in [0, 0.1) is 0 Å². The number of hydrogen-bond acceptors (Lipinski definition) is 3. The Morgan fingerprint density at radius 1 is 1.40 bits per heavy atom. The molecule has 0 aliphatic carbocycles. The maximum atomic E-state index is 12.0. The number of hydrogen-bond donors (Lipinski definition) is 0. The van der Waals surface area contributed by atoms with Gasteiger partial charge in [0.1, 0.15) is 0 Å². The van der Waals surface area contributed by atoms with Crippen molar-refractivity contribution in [3.8, 4) is 0 Å². The van der Waals surface area contributed by atoms with E-state index in [1.165, 1.54) is 0 Å². The Morgan fingerprint density at radius 3 is 2.80 bits per heavy atom. The lowest BCUT2D eigenvalue weighted by Crippen LogP contribution is -2.19. The highest BCUT2D eigenvalue weighted by Crippen LogP contribution is 2.30. The molecule has 4 heteroatoms. The zero-order valence-corrected chi connectivity index (χ0v) is 9.84. The molecule has 1 aliphatic rings. The molecule has 0 spiro atoms. The summed E-state index contributed by atoms with van der Waals surface area (Å²) in [4.78, 5) is 4.71. The molecule has 0 unspecified atom stereocenters. The van der Waals surface area contributed by atoms with E-state index >= 15 is 0 Å². The third-order valence-electron chi connectivity index (χ3n) is 2.73. The third-order valence-corrected chi connectivity index (χ3v) is 4.65. The van der Waals surface area contributed by atoms with E-state index < -0.39 is 9.84 Å². The first kappa shape index (κ1) is 10.6. The largest absolute Gasteiger partial charge is 0.260 e. The summed E-state index contributed by atoms with van der Waals surface area (Å²) < 4.78 is 23.9. The minimum atomic E-state index is -3.08. The molecular weight excluding hydrogens is 210 g/mol. The number of fused-ring (bicyclic) bond motifs is 1. The first-order chi connectivity index (χ1) is 7.02. The molecule has 0 bridgehead atoms. The first-order valence-corrected chi connectivity index (χ1v) is 6.88. The molecular formula is C11H15NO2S. The standard InChI is InChI=1S/C11H15NO2S/c1-8(2)10-11-9(5-6-12-10)4-3-7-15(11,13)14/h5-6,8H,3-4,7H2,1-2H3. The van der Waals surface area contributed by atoms with E-state index in [1.807, 2.05) is 19.9 Å². The van der Waals surface area contributed by atoms with Crippen molar-refractivity contribution >= 4 is 9.84 Å². The van der Waals surface area contributed by atoms with Crippen molar-refractivity contribution in [1.82, 2.24) is 4.98 Å². The zero-order chi connectivity index (χ0) is 11.1. The number of aryl methyl sites for hydroxylation is 1. The van der Waals surface area contributed by atoms with Crippen LogP contribution in [0.4, 0.5) is 0 Å². The predicted octanol–water partition coefficient (Wildman–Crippen LogP) is 1.92. The van der Waals surface area contributed by atoms with Gasteiger partial charge in [-0.3, -0.25) is 4.98 Å². The average molecular weight is 225 g/mol. The van der Waals surface area contributed by atoms with Crippen molar-refractivity contribution in [2.45, 2.75) is 37.5 Å². The van der Waals surface area contributed by atoms with E-state index in [0.717, 1.165) is 24.1 Å². The quantitative estimate of drug-likeness (QED) is 0.733.